The Morgan fingerprint density at radius 2 is 2.00 bits per heavy atom. The number of hydrogen-bond acceptors (Lipinski definition) is 7. The zero-order valence-corrected chi connectivity index (χ0v) is 17.4. The summed E-state index contributed by atoms with van der Waals surface area (Å²) >= 11 is 0. The summed E-state index contributed by atoms with van der Waals surface area (Å²) in [5.74, 6) is 0.561. The second-order valence-electron chi connectivity index (χ2n) is 7.32. The topological polar surface area (TPSA) is 107 Å². The lowest BCUT2D eigenvalue weighted by Gasteiger charge is -2.21. The number of nitrogens with zero attached hydrogens (tertiary/aromatic N) is 6. The van der Waals surface area contributed by atoms with Crippen molar-refractivity contribution in [1.82, 2.24) is 29.3 Å². The van der Waals surface area contributed by atoms with Crippen LogP contribution in [0.4, 0.5) is 0 Å². The molecule has 0 bridgehead atoms. The highest BCUT2D eigenvalue weighted by molar-refractivity contribution is 7.89. The third-order valence-corrected chi connectivity index (χ3v) is 7.59. The van der Waals surface area contributed by atoms with Crippen LogP contribution < -0.4 is 0 Å². The van der Waals surface area contributed by atoms with Crippen molar-refractivity contribution >= 4 is 20.8 Å². The first-order chi connectivity index (χ1) is 14.5. The van der Waals surface area contributed by atoms with Gasteiger partial charge < -0.3 is 4.42 Å². The maximum atomic E-state index is 13.3. The Balaban J connectivity index is 1.52. The van der Waals surface area contributed by atoms with Gasteiger partial charge in [0.1, 0.15) is 16.6 Å². The quantitative estimate of drug-likeness (QED) is 0.496. The van der Waals surface area contributed by atoms with Crippen LogP contribution in [-0.4, -0.2) is 44.2 Å². The molecule has 1 aromatic carbocycles. The van der Waals surface area contributed by atoms with E-state index in [1.807, 2.05) is 30.3 Å². The average Bonchev–Trinajstić information content (AvgIpc) is 3.48. The van der Waals surface area contributed by atoms with E-state index in [1.165, 1.54) is 10.5 Å². The standard InChI is InChI=1S/C20H20N6O3S/c1-13-17(12-22-25(13)2)30(27,28)26-11-5-8-16(26)19-23-24-20(29-19)18-15-7-4-3-6-14(15)9-10-21-18/h3-4,6-7,9-10,12,16H,5,8,11H2,1-2H3/t16-/m1/s1. The number of benzene rings is 1. The number of fused-ring (bicyclic) bond motifs is 1. The molecule has 0 unspecified atom stereocenters. The SMILES string of the molecule is Cc1c(S(=O)(=O)N2CCC[C@@H]2c2nnc(-c3nccc4ccccc34)o2)cnn1C. The van der Waals surface area contributed by atoms with Crippen LogP contribution in [0.5, 0.6) is 0 Å². The van der Waals surface area contributed by atoms with E-state index in [2.05, 4.69) is 20.3 Å². The normalized spacial score (nSPS) is 17.7. The Morgan fingerprint density at radius 3 is 2.80 bits per heavy atom. The third-order valence-electron chi connectivity index (χ3n) is 5.58. The van der Waals surface area contributed by atoms with Gasteiger partial charge in [-0.3, -0.25) is 9.67 Å². The van der Waals surface area contributed by atoms with Gasteiger partial charge in [-0.15, -0.1) is 10.2 Å². The Hall–Kier alpha value is -3.11. The Kier molecular flexibility index (Phi) is 4.40. The molecule has 5 rings (SSSR count). The van der Waals surface area contributed by atoms with Crippen LogP contribution in [0.1, 0.15) is 30.5 Å². The molecule has 30 heavy (non-hydrogen) atoms. The van der Waals surface area contributed by atoms with Crippen LogP contribution in [0.3, 0.4) is 0 Å². The summed E-state index contributed by atoms with van der Waals surface area (Å²) in [5.41, 5.74) is 1.18. The molecule has 1 atom stereocenters. The van der Waals surface area contributed by atoms with E-state index in [0.717, 1.165) is 10.8 Å². The molecule has 1 saturated heterocycles. The highest BCUT2D eigenvalue weighted by Gasteiger charge is 2.40. The molecule has 154 valence electrons. The fourth-order valence-electron chi connectivity index (χ4n) is 3.89. The van der Waals surface area contributed by atoms with Crippen LogP contribution in [0.2, 0.25) is 0 Å². The lowest BCUT2D eigenvalue weighted by Crippen LogP contribution is -2.31. The minimum atomic E-state index is -3.73. The highest BCUT2D eigenvalue weighted by atomic mass is 32.2. The van der Waals surface area contributed by atoms with Crippen molar-refractivity contribution in [2.24, 2.45) is 7.05 Å². The molecule has 9 nitrogen and oxygen atoms in total. The number of aromatic nitrogens is 5. The van der Waals surface area contributed by atoms with Gasteiger partial charge in [0.05, 0.1) is 11.9 Å². The van der Waals surface area contributed by atoms with Gasteiger partial charge in [0.2, 0.25) is 15.9 Å². The summed E-state index contributed by atoms with van der Waals surface area (Å²) in [6.07, 6.45) is 4.41. The van der Waals surface area contributed by atoms with Gasteiger partial charge in [0, 0.05) is 25.2 Å². The molecule has 0 radical (unpaired) electrons. The largest absolute Gasteiger partial charge is 0.417 e. The minimum Gasteiger partial charge on any atom is -0.417 e. The molecule has 10 heteroatoms. The molecular formula is C20H20N6O3S. The van der Waals surface area contributed by atoms with Crippen molar-refractivity contribution in [3.05, 3.63) is 54.3 Å². The number of pyridine rings is 1. The summed E-state index contributed by atoms with van der Waals surface area (Å²) in [6, 6.07) is 9.21. The third kappa shape index (κ3) is 2.91. The van der Waals surface area contributed by atoms with E-state index < -0.39 is 16.1 Å². The molecule has 4 heterocycles. The summed E-state index contributed by atoms with van der Waals surface area (Å²) in [4.78, 5) is 4.61. The molecule has 0 aliphatic carbocycles. The first kappa shape index (κ1) is 18.9. The molecule has 0 N–H and O–H groups in total. The van der Waals surface area contributed by atoms with Gasteiger partial charge >= 0.3 is 0 Å². The van der Waals surface area contributed by atoms with Crippen LogP contribution in [-0.2, 0) is 17.1 Å². The van der Waals surface area contributed by atoms with Crippen LogP contribution in [0.25, 0.3) is 22.4 Å². The average molecular weight is 424 g/mol. The minimum absolute atomic E-state index is 0.201. The Labute approximate surface area is 173 Å². The van der Waals surface area contributed by atoms with E-state index >= 15 is 0 Å². The fourth-order valence-corrected chi connectivity index (χ4v) is 5.73. The maximum Gasteiger partial charge on any atom is 0.266 e. The predicted octanol–water partition coefficient (Wildman–Crippen LogP) is 2.85. The van der Waals surface area contributed by atoms with Crippen LogP contribution in [0, 0.1) is 6.92 Å². The Morgan fingerprint density at radius 1 is 1.17 bits per heavy atom. The molecule has 1 aliphatic rings. The van der Waals surface area contributed by atoms with E-state index in [4.69, 9.17) is 4.42 Å². The maximum absolute atomic E-state index is 13.3. The van der Waals surface area contributed by atoms with Crippen molar-refractivity contribution in [3.63, 3.8) is 0 Å². The number of sulfonamides is 1. The molecule has 0 spiro atoms. The van der Waals surface area contributed by atoms with Crippen molar-refractivity contribution < 1.29 is 12.8 Å². The summed E-state index contributed by atoms with van der Waals surface area (Å²) in [5, 5.41) is 14.3. The second-order valence-corrected chi connectivity index (χ2v) is 9.18. The molecule has 0 amide bonds. The van der Waals surface area contributed by atoms with E-state index in [9.17, 15) is 8.42 Å². The van der Waals surface area contributed by atoms with Gasteiger partial charge in [-0.25, -0.2) is 8.42 Å². The first-order valence-electron chi connectivity index (χ1n) is 9.65. The van der Waals surface area contributed by atoms with Crippen LogP contribution in [0.15, 0.2) is 52.0 Å². The number of aryl methyl sites for hydroxylation is 1. The number of rotatable bonds is 4. The van der Waals surface area contributed by atoms with Crippen LogP contribution >= 0.6 is 0 Å². The first-order valence-corrected chi connectivity index (χ1v) is 11.1. The second kappa shape index (κ2) is 6.99. The zero-order chi connectivity index (χ0) is 20.9. The molecule has 3 aromatic heterocycles. The lowest BCUT2D eigenvalue weighted by molar-refractivity contribution is 0.332. The van der Waals surface area contributed by atoms with Crippen molar-refractivity contribution in [3.8, 4) is 11.6 Å². The van der Waals surface area contributed by atoms with Gasteiger partial charge in [0.25, 0.3) is 5.89 Å². The van der Waals surface area contributed by atoms with Gasteiger partial charge in [-0.1, -0.05) is 24.3 Å². The van der Waals surface area contributed by atoms with Gasteiger partial charge in [0.15, 0.2) is 0 Å². The molecule has 1 aliphatic heterocycles. The molecule has 0 saturated carbocycles. The van der Waals surface area contributed by atoms with Gasteiger partial charge in [-0.05, 0) is 31.2 Å². The van der Waals surface area contributed by atoms with E-state index in [0.29, 0.717) is 30.8 Å². The smallest absolute Gasteiger partial charge is 0.266 e. The molecule has 4 aromatic rings. The predicted molar refractivity (Wildman–Crippen MR) is 109 cm³/mol. The lowest BCUT2D eigenvalue weighted by atomic mass is 10.1. The van der Waals surface area contributed by atoms with E-state index in [1.54, 1.807) is 24.9 Å². The molecular weight excluding hydrogens is 404 g/mol. The summed E-state index contributed by atoms with van der Waals surface area (Å²) in [6.45, 7) is 2.13. The number of hydrogen-bond donors (Lipinski definition) is 0. The van der Waals surface area contributed by atoms with Crippen molar-refractivity contribution in [2.45, 2.75) is 30.7 Å². The van der Waals surface area contributed by atoms with Crippen molar-refractivity contribution in [1.29, 1.82) is 0 Å². The highest BCUT2D eigenvalue weighted by Crippen LogP contribution is 2.37. The van der Waals surface area contributed by atoms with Crippen molar-refractivity contribution in [2.75, 3.05) is 6.54 Å². The summed E-state index contributed by atoms with van der Waals surface area (Å²) in [7, 11) is -2.01. The molecule has 1 fully saturated rings. The summed E-state index contributed by atoms with van der Waals surface area (Å²) < 4.78 is 35.5. The fraction of sp³-hybridized carbons (Fsp3) is 0.300. The Bertz CT molecular complexity index is 1340. The van der Waals surface area contributed by atoms with E-state index in [-0.39, 0.29) is 16.7 Å². The zero-order valence-electron chi connectivity index (χ0n) is 16.6. The monoisotopic (exact) mass is 424 g/mol. The van der Waals surface area contributed by atoms with Gasteiger partial charge in [-0.2, -0.15) is 9.40 Å².